The van der Waals surface area contributed by atoms with Crippen LogP contribution in [0.4, 0.5) is 4.79 Å². The molecular formula is C15H25N3O3. The van der Waals surface area contributed by atoms with Crippen molar-refractivity contribution in [2.45, 2.75) is 25.8 Å². The first kappa shape index (κ1) is 15.9. The SMILES string of the molecule is CC1(C)COCCN1CCNC(=O)NCCc1ccco1. The minimum Gasteiger partial charge on any atom is -0.469 e. The monoisotopic (exact) mass is 295 g/mol. The van der Waals surface area contributed by atoms with E-state index >= 15 is 0 Å². The molecule has 118 valence electrons. The van der Waals surface area contributed by atoms with Crippen LogP contribution in [0.2, 0.25) is 0 Å². The van der Waals surface area contributed by atoms with E-state index in [0.717, 1.165) is 32.1 Å². The van der Waals surface area contributed by atoms with Crippen LogP contribution in [-0.2, 0) is 11.2 Å². The van der Waals surface area contributed by atoms with Crippen molar-refractivity contribution in [3.63, 3.8) is 0 Å². The summed E-state index contributed by atoms with van der Waals surface area (Å²) >= 11 is 0. The number of ether oxygens (including phenoxy) is 1. The Labute approximate surface area is 125 Å². The van der Waals surface area contributed by atoms with Gasteiger partial charge >= 0.3 is 6.03 Å². The Bertz CT molecular complexity index is 431. The highest BCUT2D eigenvalue weighted by Crippen LogP contribution is 2.17. The Balaban J connectivity index is 1.58. The molecular weight excluding hydrogens is 270 g/mol. The van der Waals surface area contributed by atoms with Gasteiger partial charge in [-0.3, -0.25) is 4.90 Å². The molecule has 0 atom stereocenters. The zero-order valence-corrected chi connectivity index (χ0v) is 12.9. The fraction of sp³-hybridized carbons (Fsp3) is 0.667. The van der Waals surface area contributed by atoms with Gasteiger partial charge in [0.2, 0.25) is 0 Å². The summed E-state index contributed by atoms with van der Waals surface area (Å²) in [5.41, 5.74) is 0.0374. The van der Waals surface area contributed by atoms with Crippen molar-refractivity contribution >= 4 is 6.03 Å². The van der Waals surface area contributed by atoms with Gasteiger partial charge in [0, 0.05) is 38.1 Å². The third-order valence-electron chi connectivity index (χ3n) is 3.72. The number of nitrogens with zero attached hydrogens (tertiary/aromatic N) is 1. The second-order valence-corrected chi connectivity index (χ2v) is 5.86. The number of carbonyl (C=O) groups excluding carboxylic acids is 1. The summed E-state index contributed by atoms with van der Waals surface area (Å²) in [4.78, 5) is 14.0. The molecule has 6 nitrogen and oxygen atoms in total. The first-order valence-corrected chi connectivity index (χ1v) is 7.45. The largest absolute Gasteiger partial charge is 0.469 e. The van der Waals surface area contributed by atoms with Crippen LogP contribution in [0.15, 0.2) is 22.8 Å². The van der Waals surface area contributed by atoms with Crippen LogP contribution >= 0.6 is 0 Å². The van der Waals surface area contributed by atoms with Gasteiger partial charge < -0.3 is 19.8 Å². The topological polar surface area (TPSA) is 66.7 Å². The van der Waals surface area contributed by atoms with Crippen molar-refractivity contribution in [2.24, 2.45) is 0 Å². The highest BCUT2D eigenvalue weighted by Gasteiger charge is 2.29. The van der Waals surface area contributed by atoms with Crippen LogP contribution in [-0.4, -0.2) is 55.9 Å². The van der Waals surface area contributed by atoms with Gasteiger partial charge in [-0.25, -0.2) is 4.79 Å². The van der Waals surface area contributed by atoms with Gasteiger partial charge in [0.25, 0.3) is 0 Å². The molecule has 21 heavy (non-hydrogen) atoms. The van der Waals surface area contributed by atoms with Gasteiger partial charge in [-0.15, -0.1) is 0 Å². The third kappa shape index (κ3) is 5.06. The molecule has 2 rings (SSSR count). The molecule has 0 aliphatic carbocycles. The van der Waals surface area contributed by atoms with Crippen LogP contribution in [0.5, 0.6) is 0 Å². The van der Waals surface area contributed by atoms with Crippen LogP contribution < -0.4 is 10.6 Å². The van der Waals surface area contributed by atoms with Gasteiger partial charge in [-0.1, -0.05) is 0 Å². The lowest BCUT2D eigenvalue weighted by atomic mass is 10.0. The van der Waals surface area contributed by atoms with Crippen molar-refractivity contribution in [1.29, 1.82) is 0 Å². The predicted octanol–water partition coefficient (Wildman–Crippen LogP) is 1.23. The van der Waals surface area contributed by atoms with Gasteiger partial charge in [0.15, 0.2) is 0 Å². The fourth-order valence-corrected chi connectivity index (χ4v) is 2.43. The van der Waals surface area contributed by atoms with E-state index in [1.54, 1.807) is 6.26 Å². The highest BCUT2D eigenvalue weighted by molar-refractivity contribution is 5.73. The number of rotatable bonds is 6. The maximum atomic E-state index is 11.7. The Morgan fingerprint density at radius 2 is 2.19 bits per heavy atom. The molecule has 1 aliphatic heterocycles. The Morgan fingerprint density at radius 3 is 2.90 bits per heavy atom. The number of hydrogen-bond donors (Lipinski definition) is 2. The van der Waals surface area contributed by atoms with Gasteiger partial charge in [-0.05, 0) is 26.0 Å². The number of urea groups is 1. The molecule has 2 N–H and O–H groups in total. The van der Waals surface area contributed by atoms with E-state index in [2.05, 4.69) is 29.4 Å². The summed E-state index contributed by atoms with van der Waals surface area (Å²) in [7, 11) is 0. The first-order chi connectivity index (χ1) is 10.1. The van der Waals surface area contributed by atoms with Crippen molar-refractivity contribution < 1.29 is 13.9 Å². The number of amides is 2. The van der Waals surface area contributed by atoms with Gasteiger partial charge in [0.05, 0.1) is 19.5 Å². The van der Waals surface area contributed by atoms with Gasteiger partial charge in [-0.2, -0.15) is 0 Å². The van der Waals surface area contributed by atoms with Crippen molar-refractivity contribution in [3.8, 4) is 0 Å². The van der Waals surface area contributed by atoms with E-state index < -0.39 is 0 Å². The maximum absolute atomic E-state index is 11.7. The molecule has 1 aliphatic rings. The number of nitrogens with one attached hydrogen (secondary N) is 2. The summed E-state index contributed by atoms with van der Waals surface area (Å²) in [6.07, 6.45) is 2.34. The molecule has 0 bridgehead atoms. The van der Waals surface area contributed by atoms with E-state index in [1.165, 1.54) is 0 Å². The van der Waals surface area contributed by atoms with E-state index in [1.807, 2.05) is 12.1 Å². The average molecular weight is 295 g/mol. The van der Waals surface area contributed by atoms with Crippen LogP contribution in [0.25, 0.3) is 0 Å². The fourth-order valence-electron chi connectivity index (χ4n) is 2.43. The van der Waals surface area contributed by atoms with Crippen LogP contribution in [0.3, 0.4) is 0 Å². The summed E-state index contributed by atoms with van der Waals surface area (Å²) in [6.45, 7) is 8.78. The Hall–Kier alpha value is -1.53. The lowest BCUT2D eigenvalue weighted by molar-refractivity contribution is -0.0497. The first-order valence-electron chi connectivity index (χ1n) is 7.45. The Morgan fingerprint density at radius 1 is 1.38 bits per heavy atom. The molecule has 2 heterocycles. The second kappa shape index (κ2) is 7.47. The maximum Gasteiger partial charge on any atom is 0.314 e. The van der Waals surface area contributed by atoms with Crippen LogP contribution in [0.1, 0.15) is 19.6 Å². The quantitative estimate of drug-likeness (QED) is 0.828. The minimum absolute atomic E-state index is 0.0374. The van der Waals surface area contributed by atoms with Crippen molar-refractivity contribution in [1.82, 2.24) is 15.5 Å². The number of morpholine rings is 1. The number of furan rings is 1. The lowest BCUT2D eigenvalue weighted by Crippen LogP contribution is -2.55. The molecule has 0 radical (unpaired) electrons. The molecule has 1 aromatic heterocycles. The third-order valence-corrected chi connectivity index (χ3v) is 3.72. The molecule has 0 aromatic carbocycles. The van der Waals surface area contributed by atoms with E-state index in [4.69, 9.17) is 9.15 Å². The van der Waals surface area contributed by atoms with E-state index in [0.29, 0.717) is 19.5 Å². The molecule has 6 heteroatoms. The number of carbonyl (C=O) groups is 1. The van der Waals surface area contributed by atoms with Gasteiger partial charge in [0.1, 0.15) is 5.76 Å². The molecule has 1 fully saturated rings. The average Bonchev–Trinajstić information content (AvgIpc) is 2.94. The molecule has 1 aromatic rings. The second-order valence-electron chi connectivity index (χ2n) is 5.86. The van der Waals surface area contributed by atoms with E-state index in [-0.39, 0.29) is 11.6 Å². The number of hydrogen-bond acceptors (Lipinski definition) is 4. The van der Waals surface area contributed by atoms with Crippen LogP contribution in [0, 0.1) is 0 Å². The molecule has 0 saturated carbocycles. The predicted molar refractivity (Wildman–Crippen MR) is 80.3 cm³/mol. The normalized spacial score (nSPS) is 18.4. The zero-order chi connectivity index (χ0) is 15.1. The molecule has 1 saturated heterocycles. The van der Waals surface area contributed by atoms with Crippen molar-refractivity contribution in [3.05, 3.63) is 24.2 Å². The Kier molecular flexibility index (Phi) is 5.64. The van der Waals surface area contributed by atoms with E-state index in [9.17, 15) is 4.79 Å². The van der Waals surface area contributed by atoms with Crippen molar-refractivity contribution in [2.75, 3.05) is 39.4 Å². The zero-order valence-electron chi connectivity index (χ0n) is 12.9. The summed E-state index contributed by atoms with van der Waals surface area (Å²) in [6, 6.07) is 3.62. The lowest BCUT2D eigenvalue weighted by Gasteiger charge is -2.42. The summed E-state index contributed by atoms with van der Waals surface area (Å²) in [5.74, 6) is 0.880. The molecule has 2 amide bonds. The summed E-state index contributed by atoms with van der Waals surface area (Å²) < 4.78 is 10.7. The minimum atomic E-state index is -0.132. The standard InChI is InChI=1S/C15H25N3O3/c1-15(2)12-20-11-9-18(15)8-7-17-14(19)16-6-5-13-4-3-10-21-13/h3-4,10H,5-9,11-12H2,1-2H3,(H2,16,17,19). The smallest absolute Gasteiger partial charge is 0.314 e. The molecule has 0 unspecified atom stereocenters. The molecule has 0 spiro atoms. The highest BCUT2D eigenvalue weighted by atomic mass is 16.5. The summed E-state index contributed by atoms with van der Waals surface area (Å²) in [5, 5.41) is 5.71.